The Labute approximate surface area is 96.6 Å². The van der Waals surface area contributed by atoms with Crippen LogP contribution in [0.2, 0.25) is 0 Å². The Morgan fingerprint density at radius 3 is 2.81 bits per heavy atom. The van der Waals surface area contributed by atoms with Gasteiger partial charge in [-0.05, 0) is 39.2 Å². The molecule has 3 heteroatoms. The van der Waals surface area contributed by atoms with Gasteiger partial charge in [-0.15, -0.1) is 0 Å². The summed E-state index contributed by atoms with van der Waals surface area (Å²) >= 11 is 0. The van der Waals surface area contributed by atoms with Crippen molar-refractivity contribution in [3.05, 3.63) is 29.9 Å². The molecule has 1 aromatic heterocycles. The molecule has 86 valence electrons. The summed E-state index contributed by atoms with van der Waals surface area (Å²) in [5, 5.41) is 0. The molecule has 0 saturated heterocycles. The predicted molar refractivity (Wildman–Crippen MR) is 63.9 cm³/mol. The topological polar surface area (TPSA) is 35.0 Å². The fourth-order valence-corrected chi connectivity index (χ4v) is 1.82. The first-order valence-electron chi connectivity index (χ1n) is 5.72. The maximum absolute atomic E-state index is 5.90. The zero-order chi connectivity index (χ0) is 11.6. The third kappa shape index (κ3) is 2.30. The summed E-state index contributed by atoms with van der Waals surface area (Å²) < 4.78 is 5.90. The van der Waals surface area contributed by atoms with Crippen LogP contribution in [-0.4, -0.2) is 15.6 Å². The molecule has 1 aliphatic rings. The van der Waals surface area contributed by atoms with Crippen LogP contribution in [0.15, 0.2) is 12.8 Å². The molecule has 0 atom stereocenters. The zero-order valence-corrected chi connectivity index (χ0v) is 9.99. The van der Waals surface area contributed by atoms with Crippen LogP contribution in [0.4, 0.5) is 0 Å². The third-order valence-electron chi connectivity index (χ3n) is 3.27. The molecule has 1 aliphatic carbocycles. The zero-order valence-electron chi connectivity index (χ0n) is 9.99. The third-order valence-corrected chi connectivity index (χ3v) is 3.27. The summed E-state index contributed by atoms with van der Waals surface area (Å²) in [6, 6.07) is 0. The van der Waals surface area contributed by atoms with Crippen LogP contribution in [0.3, 0.4) is 0 Å². The van der Waals surface area contributed by atoms with E-state index >= 15 is 0 Å². The predicted octanol–water partition coefficient (Wildman–Crippen LogP) is 2.89. The highest BCUT2D eigenvalue weighted by Crippen LogP contribution is 2.35. The second-order valence-electron chi connectivity index (χ2n) is 4.64. The summed E-state index contributed by atoms with van der Waals surface area (Å²) in [6.45, 7) is 8.42. The van der Waals surface area contributed by atoms with Crippen LogP contribution in [-0.2, 0) is 11.3 Å². The first kappa shape index (κ1) is 11.3. The molecule has 2 rings (SSSR count). The number of aromatic nitrogens is 2. The van der Waals surface area contributed by atoms with Crippen molar-refractivity contribution in [2.75, 3.05) is 0 Å². The molecule has 0 aliphatic heterocycles. The van der Waals surface area contributed by atoms with E-state index in [1.54, 1.807) is 6.08 Å². The second-order valence-corrected chi connectivity index (χ2v) is 4.64. The van der Waals surface area contributed by atoms with Gasteiger partial charge in [0.1, 0.15) is 0 Å². The minimum absolute atomic E-state index is 0.0869. The van der Waals surface area contributed by atoms with Crippen molar-refractivity contribution in [3.8, 4) is 0 Å². The molecule has 1 fully saturated rings. The maximum Gasteiger partial charge on any atom is 0.151 e. The summed E-state index contributed by atoms with van der Waals surface area (Å²) in [6.07, 6.45) is 7.10. The highest BCUT2D eigenvalue weighted by molar-refractivity contribution is 5.36. The lowest BCUT2D eigenvalue weighted by molar-refractivity contribution is -0.0953. The average Bonchev–Trinajstić information content (AvgIpc) is 2.25. The normalized spacial score (nSPS) is 17.9. The first-order valence-corrected chi connectivity index (χ1v) is 5.72. The van der Waals surface area contributed by atoms with E-state index in [1.807, 2.05) is 13.1 Å². The highest BCUT2D eigenvalue weighted by atomic mass is 16.5. The molecular weight excluding hydrogens is 200 g/mol. The summed E-state index contributed by atoms with van der Waals surface area (Å²) in [4.78, 5) is 8.52. The van der Waals surface area contributed by atoms with Gasteiger partial charge < -0.3 is 4.74 Å². The molecule has 0 bridgehead atoms. The number of aryl methyl sites for hydroxylation is 1. The fraction of sp³-hybridized carbons (Fsp3) is 0.538. The lowest BCUT2D eigenvalue weighted by Gasteiger charge is -2.38. The smallest absolute Gasteiger partial charge is 0.151 e. The Balaban J connectivity index is 2.01. The van der Waals surface area contributed by atoms with E-state index in [2.05, 4.69) is 23.5 Å². The molecule has 0 aromatic carbocycles. The Bertz CT molecular complexity index is 397. The number of ether oxygens (including phenoxy) is 1. The molecule has 0 N–H and O–H groups in total. The van der Waals surface area contributed by atoms with E-state index in [4.69, 9.17) is 4.74 Å². The Hall–Kier alpha value is -1.22. The molecule has 0 radical (unpaired) electrons. The lowest BCUT2D eigenvalue weighted by atomic mass is 9.82. The van der Waals surface area contributed by atoms with E-state index in [1.165, 1.54) is 6.42 Å². The standard InChI is InChI=1S/C13H18N2O/c1-4-12-14-8-11(10(2)15-12)9-16-13(3)6-5-7-13/h4,8H,1,5-7,9H2,2-3H3. The van der Waals surface area contributed by atoms with E-state index in [0.717, 1.165) is 24.1 Å². The van der Waals surface area contributed by atoms with Crippen LogP contribution < -0.4 is 0 Å². The summed E-state index contributed by atoms with van der Waals surface area (Å²) in [5.74, 6) is 0.677. The number of rotatable bonds is 4. The molecule has 1 saturated carbocycles. The van der Waals surface area contributed by atoms with E-state index in [0.29, 0.717) is 12.4 Å². The molecule has 0 amide bonds. The van der Waals surface area contributed by atoms with E-state index in [-0.39, 0.29) is 5.60 Å². The Kier molecular flexibility index (Phi) is 3.06. The molecular formula is C13H18N2O. The van der Waals surface area contributed by atoms with Gasteiger partial charge in [-0.1, -0.05) is 6.58 Å². The van der Waals surface area contributed by atoms with Gasteiger partial charge in [-0.3, -0.25) is 0 Å². The first-order chi connectivity index (χ1) is 7.63. The van der Waals surface area contributed by atoms with Crippen LogP contribution >= 0.6 is 0 Å². The van der Waals surface area contributed by atoms with Crippen molar-refractivity contribution in [2.45, 2.75) is 45.3 Å². The fourth-order valence-electron chi connectivity index (χ4n) is 1.82. The van der Waals surface area contributed by atoms with Crippen LogP contribution in [0, 0.1) is 6.92 Å². The van der Waals surface area contributed by atoms with Crippen molar-refractivity contribution in [2.24, 2.45) is 0 Å². The van der Waals surface area contributed by atoms with Gasteiger partial charge in [-0.2, -0.15) is 0 Å². The minimum atomic E-state index is 0.0869. The molecule has 16 heavy (non-hydrogen) atoms. The molecule has 0 spiro atoms. The highest BCUT2D eigenvalue weighted by Gasteiger charge is 2.32. The van der Waals surface area contributed by atoms with Gasteiger partial charge >= 0.3 is 0 Å². The number of hydrogen-bond donors (Lipinski definition) is 0. The molecule has 1 heterocycles. The number of hydrogen-bond acceptors (Lipinski definition) is 3. The van der Waals surface area contributed by atoms with Gasteiger partial charge in [0.2, 0.25) is 0 Å². The Morgan fingerprint density at radius 1 is 1.56 bits per heavy atom. The number of nitrogens with zero attached hydrogens (tertiary/aromatic N) is 2. The lowest BCUT2D eigenvalue weighted by Crippen LogP contribution is -2.36. The molecule has 0 unspecified atom stereocenters. The quantitative estimate of drug-likeness (QED) is 0.779. The van der Waals surface area contributed by atoms with Crippen molar-refractivity contribution in [3.63, 3.8) is 0 Å². The van der Waals surface area contributed by atoms with Crippen molar-refractivity contribution in [1.29, 1.82) is 0 Å². The van der Waals surface area contributed by atoms with Crippen molar-refractivity contribution in [1.82, 2.24) is 9.97 Å². The van der Waals surface area contributed by atoms with Gasteiger partial charge in [0.05, 0.1) is 12.2 Å². The van der Waals surface area contributed by atoms with Gasteiger partial charge in [0.25, 0.3) is 0 Å². The Morgan fingerprint density at radius 2 is 2.31 bits per heavy atom. The average molecular weight is 218 g/mol. The van der Waals surface area contributed by atoms with Crippen molar-refractivity contribution < 1.29 is 4.74 Å². The molecule has 3 nitrogen and oxygen atoms in total. The monoisotopic (exact) mass is 218 g/mol. The summed E-state index contributed by atoms with van der Waals surface area (Å²) in [5.41, 5.74) is 2.13. The van der Waals surface area contributed by atoms with E-state index in [9.17, 15) is 0 Å². The second kappa shape index (κ2) is 4.34. The van der Waals surface area contributed by atoms with Crippen LogP contribution in [0.5, 0.6) is 0 Å². The molecule has 1 aromatic rings. The van der Waals surface area contributed by atoms with E-state index < -0.39 is 0 Å². The van der Waals surface area contributed by atoms with Gasteiger partial charge in [0, 0.05) is 17.5 Å². The van der Waals surface area contributed by atoms with Crippen LogP contribution in [0.25, 0.3) is 6.08 Å². The van der Waals surface area contributed by atoms with Crippen molar-refractivity contribution >= 4 is 6.08 Å². The minimum Gasteiger partial charge on any atom is -0.370 e. The summed E-state index contributed by atoms with van der Waals surface area (Å²) in [7, 11) is 0. The van der Waals surface area contributed by atoms with Gasteiger partial charge in [0.15, 0.2) is 5.82 Å². The largest absolute Gasteiger partial charge is 0.370 e. The SMILES string of the molecule is C=Cc1ncc(COC2(C)CCC2)c(C)n1. The van der Waals surface area contributed by atoms with Gasteiger partial charge in [-0.25, -0.2) is 9.97 Å². The maximum atomic E-state index is 5.90. The van der Waals surface area contributed by atoms with Crippen LogP contribution in [0.1, 0.15) is 43.3 Å².